The molecule has 9 heteroatoms. The van der Waals surface area contributed by atoms with Gasteiger partial charge < -0.3 is 4.90 Å². The van der Waals surface area contributed by atoms with Gasteiger partial charge in [-0.25, -0.2) is 9.67 Å². The Bertz CT molecular complexity index is 941. The smallest absolute Gasteiger partial charge is 0.228 e. The van der Waals surface area contributed by atoms with Gasteiger partial charge in [-0.2, -0.15) is 5.10 Å². The second kappa shape index (κ2) is 6.80. The van der Waals surface area contributed by atoms with Crippen molar-refractivity contribution in [3.05, 3.63) is 28.0 Å². The van der Waals surface area contributed by atoms with Crippen molar-refractivity contribution in [1.29, 1.82) is 0 Å². The quantitative estimate of drug-likeness (QED) is 0.650. The topological polar surface area (TPSA) is 68.8 Å². The molecule has 156 valence electrons. The zero-order chi connectivity index (χ0) is 20.4. The largest absolute Gasteiger partial charge is 0.339 e. The van der Waals surface area contributed by atoms with Crippen LogP contribution in [0.25, 0.3) is 0 Å². The molecule has 7 nitrogen and oxygen atoms in total. The van der Waals surface area contributed by atoms with Gasteiger partial charge in [0.15, 0.2) is 0 Å². The van der Waals surface area contributed by atoms with Gasteiger partial charge in [0.1, 0.15) is 12.0 Å². The van der Waals surface area contributed by atoms with E-state index in [4.69, 9.17) is 11.6 Å². The van der Waals surface area contributed by atoms with Crippen LogP contribution in [0, 0.1) is 17.3 Å². The number of hydrogen-bond acceptors (Lipinski definition) is 4. The lowest BCUT2D eigenvalue weighted by molar-refractivity contribution is -0.166. The van der Waals surface area contributed by atoms with Crippen LogP contribution in [-0.2, 0) is 23.4 Å². The van der Waals surface area contributed by atoms with Crippen LogP contribution in [0.4, 0.5) is 0 Å². The Hall–Kier alpha value is -1.41. The van der Waals surface area contributed by atoms with Gasteiger partial charge in [-0.15, -0.1) is 5.10 Å². The summed E-state index contributed by atoms with van der Waals surface area (Å²) in [7, 11) is 1.89. The molecule has 29 heavy (non-hydrogen) atoms. The molecule has 0 aliphatic heterocycles. The summed E-state index contributed by atoms with van der Waals surface area (Å²) in [5.74, 6) is 1.40. The molecule has 0 radical (unpaired) electrons. The fourth-order valence-corrected chi connectivity index (χ4v) is 7.08. The Morgan fingerprint density at radius 1 is 1.31 bits per heavy atom. The Morgan fingerprint density at radius 2 is 2.03 bits per heavy atom. The van der Waals surface area contributed by atoms with E-state index in [1.54, 1.807) is 0 Å². The summed E-state index contributed by atoms with van der Waals surface area (Å²) in [6.45, 7) is 3.24. The molecule has 0 saturated heterocycles. The molecule has 6 rings (SSSR count). The van der Waals surface area contributed by atoms with E-state index in [1.807, 2.05) is 40.8 Å². The van der Waals surface area contributed by atoms with E-state index in [-0.39, 0.29) is 16.9 Å². The third-order valence-corrected chi connectivity index (χ3v) is 7.96. The minimum Gasteiger partial charge on any atom is -0.339 e. The molecule has 0 N–H and O–H groups in total. The normalized spacial score (nSPS) is 32.7. The van der Waals surface area contributed by atoms with Gasteiger partial charge in [-0.3, -0.25) is 9.48 Å². The van der Waals surface area contributed by atoms with Crippen molar-refractivity contribution >= 4 is 33.4 Å². The fourth-order valence-electron chi connectivity index (χ4n) is 6.61. The number of hydrogen-bond donors (Lipinski definition) is 0. The van der Waals surface area contributed by atoms with Gasteiger partial charge in [0.2, 0.25) is 10.6 Å². The van der Waals surface area contributed by atoms with Gasteiger partial charge in [-0.1, -0.05) is 11.6 Å². The maximum atomic E-state index is 13.8. The highest BCUT2D eigenvalue weighted by Crippen LogP contribution is 2.64. The Kier molecular flexibility index (Phi) is 4.59. The standard InChI is InChI=1S/C20H26BrClN6O/c1-3-27-9-15(22)16(24-27)10-26(2)17(29)19-5-13-4-14(6-19)8-20(7-13,11-19)28-12-23-18(21)25-28/h9,12-14H,3-8,10-11H2,1-2H3. The number of carbonyl (C=O) groups is 1. The summed E-state index contributed by atoms with van der Waals surface area (Å²) in [5.41, 5.74) is 0.377. The molecular weight excluding hydrogens is 456 g/mol. The molecule has 4 saturated carbocycles. The number of rotatable bonds is 5. The van der Waals surface area contributed by atoms with Crippen molar-refractivity contribution < 1.29 is 4.79 Å². The lowest BCUT2D eigenvalue weighted by atomic mass is 9.46. The average molecular weight is 482 g/mol. The van der Waals surface area contributed by atoms with E-state index in [0.717, 1.165) is 44.3 Å². The Labute approximate surface area is 183 Å². The van der Waals surface area contributed by atoms with E-state index >= 15 is 0 Å². The van der Waals surface area contributed by atoms with Crippen LogP contribution in [0.5, 0.6) is 0 Å². The lowest BCUT2D eigenvalue weighted by Gasteiger charge is -2.61. The second-order valence-electron chi connectivity index (χ2n) is 9.36. The third-order valence-electron chi connectivity index (χ3n) is 7.28. The van der Waals surface area contributed by atoms with Crippen molar-refractivity contribution in [1.82, 2.24) is 29.4 Å². The number of amides is 1. The van der Waals surface area contributed by atoms with Crippen molar-refractivity contribution in [2.75, 3.05) is 7.05 Å². The first-order valence-electron chi connectivity index (χ1n) is 10.4. The van der Waals surface area contributed by atoms with Crippen molar-refractivity contribution in [3.8, 4) is 0 Å². The summed E-state index contributed by atoms with van der Waals surface area (Å²) >= 11 is 9.74. The van der Waals surface area contributed by atoms with Crippen LogP contribution in [0.15, 0.2) is 17.3 Å². The van der Waals surface area contributed by atoms with Gasteiger partial charge >= 0.3 is 0 Å². The van der Waals surface area contributed by atoms with Crippen LogP contribution in [0.1, 0.15) is 51.1 Å². The van der Waals surface area contributed by atoms with Crippen molar-refractivity contribution in [2.45, 2.75) is 64.1 Å². The van der Waals surface area contributed by atoms with Gasteiger partial charge in [-0.05, 0) is 73.2 Å². The SMILES string of the molecule is CCn1cc(Cl)c(CN(C)C(=O)C23CC4CC(C2)CC(n2cnc(Br)n2)(C4)C3)n1. The molecule has 2 heterocycles. The molecule has 0 spiro atoms. The number of aromatic nitrogens is 5. The summed E-state index contributed by atoms with van der Waals surface area (Å²) < 4.78 is 4.47. The fraction of sp³-hybridized carbons (Fsp3) is 0.700. The predicted octanol–water partition coefficient (Wildman–Crippen LogP) is 3.86. The molecule has 4 fully saturated rings. The van der Waals surface area contributed by atoms with Crippen LogP contribution < -0.4 is 0 Å². The zero-order valence-electron chi connectivity index (χ0n) is 16.8. The minimum absolute atomic E-state index is 0.0823. The number of nitrogens with zero attached hydrogens (tertiary/aromatic N) is 6. The van der Waals surface area contributed by atoms with E-state index in [9.17, 15) is 4.79 Å². The summed E-state index contributed by atoms with van der Waals surface area (Å²) in [5, 5.41) is 9.74. The van der Waals surface area contributed by atoms with Gasteiger partial charge in [0.05, 0.1) is 22.5 Å². The predicted molar refractivity (Wildman–Crippen MR) is 112 cm³/mol. The summed E-state index contributed by atoms with van der Waals surface area (Å²) in [4.78, 5) is 19.9. The molecule has 2 aromatic heterocycles. The van der Waals surface area contributed by atoms with Crippen LogP contribution in [-0.4, -0.2) is 42.4 Å². The van der Waals surface area contributed by atoms with Crippen molar-refractivity contribution in [3.63, 3.8) is 0 Å². The van der Waals surface area contributed by atoms with Gasteiger partial charge in [0.25, 0.3) is 0 Å². The summed E-state index contributed by atoms with van der Waals surface area (Å²) in [6, 6.07) is 0. The Morgan fingerprint density at radius 3 is 2.62 bits per heavy atom. The lowest BCUT2D eigenvalue weighted by Crippen LogP contribution is -2.61. The first kappa shape index (κ1) is 19.5. The monoisotopic (exact) mass is 480 g/mol. The number of aryl methyl sites for hydroxylation is 1. The zero-order valence-corrected chi connectivity index (χ0v) is 19.2. The Balaban J connectivity index is 1.42. The minimum atomic E-state index is -0.308. The molecule has 4 bridgehead atoms. The van der Waals surface area contributed by atoms with Crippen LogP contribution >= 0.6 is 27.5 Å². The average Bonchev–Trinajstić information content (AvgIpc) is 3.26. The molecular formula is C20H26BrClN6O. The highest BCUT2D eigenvalue weighted by atomic mass is 79.9. The molecule has 4 aliphatic rings. The highest BCUT2D eigenvalue weighted by Gasteiger charge is 2.62. The molecule has 0 aromatic carbocycles. The molecule has 2 atom stereocenters. The molecule has 1 amide bonds. The maximum Gasteiger partial charge on any atom is 0.228 e. The van der Waals surface area contributed by atoms with E-state index in [0.29, 0.717) is 28.1 Å². The van der Waals surface area contributed by atoms with E-state index in [2.05, 4.69) is 31.1 Å². The maximum absolute atomic E-state index is 13.8. The second-order valence-corrected chi connectivity index (χ2v) is 10.5. The number of halogens is 2. The highest BCUT2D eigenvalue weighted by molar-refractivity contribution is 9.10. The van der Waals surface area contributed by atoms with Crippen LogP contribution in [0.3, 0.4) is 0 Å². The third kappa shape index (κ3) is 3.14. The number of carbonyl (C=O) groups excluding carboxylic acids is 1. The van der Waals surface area contributed by atoms with Crippen molar-refractivity contribution in [2.24, 2.45) is 17.3 Å². The summed E-state index contributed by atoms with van der Waals surface area (Å²) in [6.07, 6.45) is 9.93. The molecule has 4 aliphatic carbocycles. The molecule has 2 aromatic rings. The molecule has 2 unspecified atom stereocenters. The van der Waals surface area contributed by atoms with Crippen LogP contribution in [0.2, 0.25) is 5.02 Å². The van der Waals surface area contributed by atoms with E-state index in [1.165, 1.54) is 6.42 Å². The van der Waals surface area contributed by atoms with Gasteiger partial charge in [0, 0.05) is 19.8 Å². The van der Waals surface area contributed by atoms with E-state index < -0.39 is 0 Å². The first-order valence-corrected chi connectivity index (χ1v) is 11.5. The first-order chi connectivity index (χ1) is 13.8.